The van der Waals surface area contributed by atoms with E-state index in [2.05, 4.69) is 0 Å². The van der Waals surface area contributed by atoms with Crippen LogP contribution in [0, 0.1) is 0 Å². The van der Waals surface area contributed by atoms with Crippen molar-refractivity contribution < 1.29 is 269 Å². The van der Waals surface area contributed by atoms with E-state index >= 15 is 0 Å². The third-order valence-corrected chi connectivity index (χ3v) is 10.2. The van der Waals surface area contributed by atoms with Crippen molar-refractivity contribution in [1.82, 2.24) is 0 Å². The van der Waals surface area contributed by atoms with E-state index in [0.717, 1.165) is 14.8 Å². The lowest BCUT2D eigenvalue weighted by Crippen LogP contribution is -2.77. The number of hydrogen-bond acceptors (Lipinski definition) is 3. The van der Waals surface area contributed by atoms with Gasteiger partial charge in [-0.2, -0.15) is 246 Å². The minimum absolute atomic E-state index is 1.06. The Balaban J connectivity index is 8.63. The van der Waals surface area contributed by atoms with Gasteiger partial charge in [-0.3, -0.25) is 0 Å². The molecular weight excluding hydrogens is 1510 g/mol. The Labute approximate surface area is 449 Å². The minimum Gasteiger partial charge on any atom is -0.202 e. The Morgan fingerprint density at radius 3 is 0.418 bits per heavy atom. The Morgan fingerprint density at radius 1 is 0.154 bits per heavy atom. The quantitative estimate of drug-likeness (QED) is 0.0491. The predicted molar refractivity (Wildman–Crippen MR) is 153 cm³/mol. The van der Waals surface area contributed by atoms with Crippen molar-refractivity contribution in [2.75, 3.05) is 0 Å². The van der Waals surface area contributed by atoms with Gasteiger partial charge in [0.15, 0.2) is 0 Å². The van der Waals surface area contributed by atoms with Gasteiger partial charge in [0.2, 0.25) is 11.7 Å². The fraction of sp³-hybridized carbons (Fsp3) is 0.867. The highest BCUT2D eigenvalue weighted by Gasteiger charge is 3.01. The van der Waals surface area contributed by atoms with Gasteiger partial charge in [-0.05, 0) is 0 Å². The van der Waals surface area contributed by atoms with Crippen LogP contribution in [-0.2, 0) is 14.8 Å². The number of allylic oxidation sites excluding steroid dienone is 2. The average molecular weight is 1510 g/mol. The summed E-state index contributed by atoms with van der Waals surface area (Å²) in [5, 5.41) is 1.14. The lowest BCUT2D eigenvalue weighted by Gasteiger charge is -2.45. The third-order valence-electron chi connectivity index (χ3n) is 10.2. The van der Waals surface area contributed by atoms with E-state index in [1.54, 1.807) is 0 Å². The fourth-order valence-corrected chi connectivity index (χ4v) is 5.13. The second-order valence-electron chi connectivity index (χ2n) is 16.1. The second kappa shape index (κ2) is 21.9. The molecule has 0 heterocycles. The summed E-state index contributed by atoms with van der Waals surface area (Å²) in [4.78, 5) is 2.12. The molecule has 0 fully saturated rings. The Hall–Kier alpha value is -4.70. The van der Waals surface area contributed by atoms with Crippen molar-refractivity contribution in [2.24, 2.45) is 0 Å². The summed E-state index contributed by atoms with van der Waals surface area (Å²) in [6.45, 7) is 0. The fourth-order valence-electron chi connectivity index (χ4n) is 5.13. The van der Waals surface area contributed by atoms with Crippen LogP contribution in [0.1, 0.15) is 0 Å². The van der Waals surface area contributed by atoms with Crippen molar-refractivity contribution in [2.45, 2.75) is 155 Å². The summed E-state index contributed by atoms with van der Waals surface area (Å²) in [5.74, 6) is -217. The van der Waals surface area contributed by atoms with Crippen molar-refractivity contribution >= 4 is 0 Å². The Bertz CT molecular complexity index is 2490. The molecule has 0 saturated carbocycles. The maximum atomic E-state index is 14.7. The number of alkyl halides is 56. The molecule has 0 rings (SSSR count). The lowest BCUT2D eigenvalue weighted by atomic mass is 9.83. The summed E-state index contributed by atoms with van der Waals surface area (Å²) >= 11 is 0. The van der Waals surface area contributed by atoms with Crippen LogP contribution in [-0.4, -0.2) is 155 Å². The molecule has 0 bridgehead atoms. The molecule has 61 heteroatoms. The average Bonchev–Trinajstić information content (AvgIpc) is 3.28. The number of hydrogen-bond donors (Lipinski definition) is 0. The van der Waals surface area contributed by atoms with Crippen LogP contribution in [0.25, 0.3) is 0 Å². The van der Waals surface area contributed by atoms with E-state index in [0.29, 0.717) is 0 Å². The van der Waals surface area contributed by atoms with Crippen molar-refractivity contribution in [1.29, 1.82) is 0 Å². The molecule has 0 aliphatic heterocycles. The molecule has 0 aromatic heterocycles. The molecule has 544 valence electrons. The summed E-state index contributed by atoms with van der Waals surface area (Å²) in [5.41, 5.74) is -14.7. The highest BCUT2D eigenvalue weighted by Crippen LogP contribution is 2.71. The molecule has 3 nitrogen and oxygen atoms in total. The van der Waals surface area contributed by atoms with Crippen LogP contribution in [0.3, 0.4) is 0 Å². The number of rotatable bonds is 26. The van der Waals surface area contributed by atoms with E-state index < -0.39 is 178 Å². The SMILES string of the molecule is FC(=C(C(F)(F)C(F)(F)F)C(F)(F)C(F)(F)C(F)(F)C(F)(F)C(F)(F)C(F)(F)C(F)(F)C(F)(F)C(F)(F)C(F)(F)F)C(F)(F)OOOC(F)(F)C(F)=C(C(F)(F)C(F)(F)F)C(F)(F)C(F)(F)C(F)(F)C(F)(F)C(F)(F)C(F)(F)C(F)(F)C(F)(F)C(F)(F)C(F)(F)F. The Morgan fingerprint density at radius 2 is 0.286 bits per heavy atom. The predicted octanol–water partition coefficient (Wildman–Crippen LogP) is 19.5. The zero-order valence-corrected chi connectivity index (χ0v) is 38.1. The molecule has 0 aromatic rings. The molecule has 0 aliphatic carbocycles. The summed E-state index contributed by atoms with van der Waals surface area (Å²) in [6, 6.07) is 0. The number of halogens is 58. The normalized spacial score (nSPS) is 17.6. The maximum absolute atomic E-state index is 14.7. The van der Waals surface area contributed by atoms with Crippen molar-refractivity contribution in [3.63, 3.8) is 0 Å². The first-order chi connectivity index (χ1) is 38.3. The van der Waals surface area contributed by atoms with Gasteiger partial charge in [0.1, 0.15) is 11.1 Å². The first-order valence-electron chi connectivity index (χ1n) is 18.7. The van der Waals surface area contributed by atoms with Crippen LogP contribution in [0.5, 0.6) is 0 Å². The summed E-state index contributed by atoms with van der Waals surface area (Å²) in [6.07, 6.45) is -53.5. The molecule has 91 heavy (non-hydrogen) atoms. The standard InChI is InChI=1S/C30F58O3/c31-3(1(7(37,38)27(77,78)79)5(33,34)11(45,46)13(49,50)15(53,54)17(57,58)19(61,62)21(65,66)23(69,70)25(73,74)29(83,84)85)9(41,42)89-91-90-10(43,44)4(32)2(8(39,40)28(80,81)82)6(35,36)12(47,48)14(51,52)16(55,56)18(59,60)20(63,64)22(67,68)24(71,72)26(75,76)30(86,87)88. The van der Waals surface area contributed by atoms with Crippen LogP contribution in [0.15, 0.2) is 22.8 Å². The lowest BCUT2D eigenvalue weighted by molar-refractivity contribution is -0.617. The largest absolute Gasteiger partial charge is 0.460 e. The maximum Gasteiger partial charge on any atom is 0.460 e. The third kappa shape index (κ3) is 11.5. The van der Waals surface area contributed by atoms with Gasteiger partial charge in [-0.25, -0.2) is 8.78 Å². The smallest absolute Gasteiger partial charge is 0.202 e. The van der Waals surface area contributed by atoms with Crippen LogP contribution in [0.2, 0.25) is 0 Å². The van der Waals surface area contributed by atoms with Crippen LogP contribution >= 0.6 is 0 Å². The van der Waals surface area contributed by atoms with Gasteiger partial charge >= 0.3 is 155 Å². The van der Waals surface area contributed by atoms with E-state index in [4.69, 9.17) is 0 Å². The topological polar surface area (TPSA) is 27.7 Å². The van der Waals surface area contributed by atoms with Gasteiger partial charge in [-0.1, -0.05) is 5.04 Å². The monoisotopic (exact) mass is 1510 g/mol. The Kier molecular flexibility index (Phi) is 20.8. The molecule has 0 N–H and O–H groups in total. The van der Waals surface area contributed by atoms with Gasteiger partial charge in [-0.15, -0.1) is 9.78 Å². The minimum atomic E-state index is -10.6. The van der Waals surface area contributed by atoms with Gasteiger partial charge in [0.05, 0.1) is 0 Å². The van der Waals surface area contributed by atoms with Crippen LogP contribution < -0.4 is 0 Å². The van der Waals surface area contributed by atoms with E-state index in [1.165, 1.54) is 0 Å². The summed E-state index contributed by atoms with van der Waals surface area (Å²) < 4.78 is 795. The second-order valence-corrected chi connectivity index (χ2v) is 16.1. The van der Waals surface area contributed by atoms with Gasteiger partial charge in [0.25, 0.3) is 0 Å². The van der Waals surface area contributed by atoms with Gasteiger partial charge in [0, 0.05) is 0 Å². The summed E-state index contributed by atoms with van der Waals surface area (Å²) in [7, 11) is 0. The van der Waals surface area contributed by atoms with Crippen LogP contribution in [0.4, 0.5) is 255 Å². The molecular formula is C30F58O3. The molecule has 0 radical (unpaired) electrons. The molecule has 0 spiro atoms. The zero-order chi connectivity index (χ0) is 75.4. The van der Waals surface area contributed by atoms with Crippen molar-refractivity contribution in [3.05, 3.63) is 22.8 Å². The molecule has 0 amide bonds. The first-order valence-corrected chi connectivity index (χ1v) is 18.7. The molecule has 0 unspecified atom stereocenters. The highest BCUT2D eigenvalue weighted by molar-refractivity contribution is 5.36. The molecule has 0 saturated heterocycles. The molecule has 0 aliphatic rings. The van der Waals surface area contributed by atoms with Gasteiger partial charge < -0.3 is 0 Å². The van der Waals surface area contributed by atoms with E-state index in [1.807, 2.05) is 0 Å². The first kappa shape index (κ1) is 86.3. The van der Waals surface area contributed by atoms with E-state index in [9.17, 15) is 255 Å². The molecule has 0 atom stereocenters. The zero-order valence-electron chi connectivity index (χ0n) is 38.1. The molecule has 0 aromatic carbocycles. The van der Waals surface area contributed by atoms with Crippen molar-refractivity contribution in [3.8, 4) is 0 Å². The van der Waals surface area contributed by atoms with E-state index in [-0.39, 0.29) is 0 Å². The highest BCUT2D eigenvalue weighted by atomic mass is 19.5.